The van der Waals surface area contributed by atoms with Crippen molar-refractivity contribution in [3.05, 3.63) is 28.0 Å². The second kappa shape index (κ2) is 3.87. The molecule has 0 saturated heterocycles. The third-order valence-corrected chi connectivity index (χ3v) is 2.59. The highest BCUT2D eigenvalue weighted by Gasteiger charge is 2.12. The highest BCUT2D eigenvalue weighted by molar-refractivity contribution is 9.10. The molecule has 0 aliphatic heterocycles. The molecule has 0 spiro atoms. The van der Waals surface area contributed by atoms with E-state index in [0.717, 1.165) is 10.0 Å². The Hall–Kier alpha value is -0.900. The lowest BCUT2D eigenvalue weighted by molar-refractivity contribution is 0.0826. The zero-order valence-electron chi connectivity index (χ0n) is 7.84. The van der Waals surface area contributed by atoms with Gasteiger partial charge in [-0.15, -0.1) is 0 Å². The van der Waals surface area contributed by atoms with Crippen molar-refractivity contribution >= 4 is 21.8 Å². The van der Waals surface area contributed by atoms with Gasteiger partial charge in [0.25, 0.3) is 5.91 Å². The first-order chi connectivity index (χ1) is 6.04. The predicted molar refractivity (Wildman–Crippen MR) is 54.7 cm³/mol. The van der Waals surface area contributed by atoms with E-state index >= 15 is 0 Å². The first-order valence-electron chi connectivity index (χ1n) is 3.85. The summed E-state index contributed by atoms with van der Waals surface area (Å²) in [7, 11) is 3.45. The summed E-state index contributed by atoms with van der Waals surface area (Å²) in [6, 6.07) is 0. The Morgan fingerprint density at radius 2 is 2.08 bits per heavy atom. The molecule has 0 atom stereocenters. The largest absolute Gasteiger partial charge is 0.345 e. The van der Waals surface area contributed by atoms with Crippen molar-refractivity contribution in [2.75, 3.05) is 14.1 Å². The Bertz CT molecular complexity index is 336. The molecule has 3 nitrogen and oxygen atoms in total. The molecule has 1 heterocycles. The topological polar surface area (TPSA) is 33.2 Å². The molecule has 0 bridgehead atoms. The van der Waals surface area contributed by atoms with Crippen LogP contribution in [0.15, 0.2) is 16.9 Å². The number of pyridine rings is 1. The van der Waals surface area contributed by atoms with Crippen LogP contribution < -0.4 is 0 Å². The Labute approximate surface area is 85.9 Å². The van der Waals surface area contributed by atoms with Gasteiger partial charge in [-0.25, -0.2) is 0 Å². The fourth-order valence-electron chi connectivity index (χ4n) is 0.956. The zero-order chi connectivity index (χ0) is 10.0. The fourth-order valence-corrected chi connectivity index (χ4v) is 1.29. The number of halogens is 1. The van der Waals surface area contributed by atoms with Crippen molar-refractivity contribution < 1.29 is 4.79 Å². The van der Waals surface area contributed by atoms with Gasteiger partial charge in [0, 0.05) is 31.0 Å². The smallest absolute Gasteiger partial charge is 0.255 e. The maximum absolute atomic E-state index is 11.6. The lowest BCUT2D eigenvalue weighted by Crippen LogP contribution is -2.22. The van der Waals surface area contributed by atoms with Crippen molar-refractivity contribution in [1.82, 2.24) is 9.88 Å². The molecule has 0 radical (unpaired) electrons. The Morgan fingerprint density at radius 3 is 2.62 bits per heavy atom. The van der Waals surface area contributed by atoms with Crippen molar-refractivity contribution in [1.29, 1.82) is 0 Å². The van der Waals surface area contributed by atoms with E-state index < -0.39 is 0 Å². The minimum atomic E-state index is -0.0219. The van der Waals surface area contributed by atoms with Gasteiger partial charge in [-0.1, -0.05) is 0 Å². The highest BCUT2D eigenvalue weighted by atomic mass is 79.9. The lowest BCUT2D eigenvalue weighted by atomic mass is 10.1. The molecule has 4 heteroatoms. The van der Waals surface area contributed by atoms with Crippen molar-refractivity contribution in [2.24, 2.45) is 0 Å². The molecule has 0 aliphatic rings. The Morgan fingerprint density at radius 1 is 1.46 bits per heavy atom. The molecule has 0 fully saturated rings. The number of aromatic nitrogens is 1. The minimum absolute atomic E-state index is 0.0219. The molecule has 13 heavy (non-hydrogen) atoms. The van der Waals surface area contributed by atoms with Gasteiger partial charge in [0.2, 0.25) is 0 Å². The van der Waals surface area contributed by atoms with E-state index in [-0.39, 0.29) is 5.91 Å². The second-order valence-electron chi connectivity index (χ2n) is 2.99. The number of nitrogens with zero attached hydrogens (tertiary/aromatic N) is 2. The van der Waals surface area contributed by atoms with E-state index in [1.807, 2.05) is 6.92 Å². The molecule has 0 aliphatic carbocycles. The number of carbonyl (C=O) groups excluding carboxylic acids is 1. The number of hydrogen-bond acceptors (Lipinski definition) is 2. The molecular formula is C9H11BrN2O. The third-order valence-electron chi connectivity index (χ3n) is 1.79. The monoisotopic (exact) mass is 242 g/mol. The molecular weight excluding hydrogens is 232 g/mol. The summed E-state index contributed by atoms with van der Waals surface area (Å²) in [4.78, 5) is 17.1. The van der Waals surface area contributed by atoms with E-state index in [2.05, 4.69) is 20.9 Å². The minimum Gasteiger partial charge on any atom is -0.345 e. The normalized spacial score (nSPS) is 9.85. The lowest BCUT2D eigenvalue weighted by Gasteiger charge is -2.12. The van der Waals surface area contributed by atoms with Gasteiger partial charge in [0.05, 0.1) is 5.56 Å². The summed E-state index contributed by atoms with van der Waals surface area (Å²) in [6.45, 7) is 1.89. The van der Waals surface area contributed by atoms with E-state index in [9.17, 15) is 4.79 Å². The molecule has 1 rings (SSSR count). The molecule has 1 aromatic heterocycles. The second-order valence-corrected chi connectivity index (χ2v) is 3.85. The summed E-state index contributed by atoms with van der Waals surface area (Å²) in [5.74, 6) is -0.0219. The third kappa shape index (κ3) is 2.06. The molecule has 0 saturated carbocycles. The maximum Gasteiger partial charge on any atom is 0.255 e. The van der Waals surface area contributed by atoms with Gasteiger partial charge in [-0.2, -0.15) is 0 Å². The van der Waals surface area contributed by atoms with Crippen LogP contribution in [0.1, 0.15) is 15.9 Å². The van der Waals surface area contributed by atoms with Gasteiger partial charge >= 0.3 is 0 Å². The highest BCUT2D eigenvalue weighted by Crippen LogP contribution is 2.18. The van der Waals surface area contributed by atoms with Crippen molar-refractivity contribution in [3.63, 3.8) is 0 Å². The SMILES string of the molecule is Cc1c(Br)cncc1C(=O)N(C)C. The average Bonchev–Trinajstić information content (AvgIpc) is 2.08. The molecule has 70 valence electrons. The number of rotatable bonds is 1. The number of carbonyl (C=O) groups is 1. The molecule has 0 unspecified atom stereocenters. The van der Waals surface area contributed by atoms with Crippen LogP contribution in [0.2, 0.25) is 0 Å². The molecule has 1 amide bonds. The number of hydrogen-bond donors (Lipinski definition) is 0. The van der Waals surface area contributed by atoms with Crippen molar-refractivity contribution in [2.45, 2.75) is 6.92 Å². The van der Waals surface area contributed by atoms with Gasteiger partial charge < -0.3 is 4.90 Å². The van der Waals surface area contributed by atoms with Crippen LogP contribution in [0.3, 0.4) is 0 Å². The standard InChI is InChI=1S/C9H11BrN2O/c1-6-7(9(13)12(2)3)4-11-5-8(6)10/h4-5H,1-3H3. The quantitative estimate of drug-likeness (QED) is 0.754. The van der Waals surface area contributed by atoms with Gasteiger partial charge in [0.15, 0.2) is 0 Å². The summed E-state index contributed by atoms with van der Waals surface area (Å²) in [5, 5.41) is 0. The van der Waals surface area contributed by atoms with E-state index in [0.29, 0.717) is 5.56 Å². The number of amides is 1. The zero-order valence-corrected chi connectivity index (χ0v) is 9.42. The van der Waals surface area contributed by atoms with E-state index in [1.54, 1.807) is 26.5 Å². The van der Waals surface area contributed by atoms with Crippen LogP contribution in [0.25, 0.3) is 0 Å². The molecule has 0 aromatic carbocycles. The Kier molecular flexibility index (Phi) is 3.03. The summed E-state index contributed by atoms with van der Waals surface area (Å²) in [5.41, 5.74) is 1.56. The first kappa shape index (κ1) is 10.2. The molecule has 1 aromatic rings. The van der Waals surface area contributed by atoms with Crippen LogP contribution in [-0.4, -0.2) is 29.9 Å². The summed E-state index contributed by atoms with van der Waals surface area (Å²) >= 11 is 3.33. The van der Waals surface area contributed by atoms with Crippen molar-refractivity contribution in [3.8, 4) is 0 Å². The van der Waals surface area contributed by atoms with Gasteiger partial charge in [-0.3, -0.25) is 9.78 Å². The average molecular weight is 243 g/mol. The van der Waals surface area contributed by atoms with Crippen LogP contribution in [-0.2, 0) is 0 Å². The van der Waals surface area contributed by atoms with Crippen LogP contribution >= 0.6 is 15.9 Å². The van der Waals surface area contributed by atoms with E-state index in [4.69, 9.17) is 0 Å². The summed E-state index contributed by atoms with van der Waals surface area (Å²) < 4.78 is 0.861. The van der Waals surface area contributed by atoms with Gasteiger partial charge in [0.1, 0.15) is 0 Å². The molecule has 0 N–H and O–H groups in total. The fraction of sp³-hybridized carbons (Fsp3) is 0.333. The first-order valence-corrected chi connectivity index (χ1v) is 4.65. The van der Waals surface area contributed by atoms with Crippen LogP contribution in [0, 0.1) is 6.92 Å². The van der Waals surface area contributed by atoms with Crippen LogP contribution in [0.4, 0.5) is 0 Å². The van der Waals surface area contributed by atoms with Crippen LogP contribution in [0.5, 0.6) is 0 Å². The van der Waals surface area contributed by atoms with Gasteiger partial charge in [-0.05, 0) is 28.4 Å². The predicted octanol–water partition coefficient (Wildman–Crippen LogP) is 1.85. The van der Waals surface area contributed by atoms with E-state index in [1.165, 1.54) is 4.90 Å². The maximum atomic E-state index is 11.6. The summed E-state index contributed by atoms with van der Waals surface area (Å²) in [6.07, 6.45) is 3.27. The Balaban J connectivity index is 3.15.